The normalized spacial score (nSPS) is 27.2. The van der Waals surface area contributed by atoms with E-state index < -0.39 is 0 Å². The van der Waals surface area contributed by atoms with Crippen molar-refractivity contribution in [3.8, 4) is 0 Å². The smallest absolute Gasteiger partial charge is 0.143 e. The summed E-state index contributed by atoms with van der Waals surface area (Å²) < 4.78 is 0. The average Bonchev–Trinajstić information content (AvgIpc) is 2.95. The first-order valence-corrected chi connectivity index (χ1v) is 9.29. The summed E-state index contributed by atoms with van der Waals surface area (Å²) in [6.45, 7) is 2.12. The van der Waals surface area contributed by atoms with Crippen molar-refractivity contribution >= 4 is 34.6 Å². The molecule has 0 unspecified atom stereocenters. The van der Waals surface area contributed by atoms with Crippen molar-refractivity contribution < 1.29 is 4.79 Å². The highest BCUT2D eigenvalue weighted by molar-refractivity contribution is 7.99. The Balaban J connectivity index is 1.86. The zero-order chi connectivity index (χ0) is 15.1. The molecule has 4 rings (SSSR count). The first-order valence-electron chi connectivity index (χ1n) is 7.53. The molecule has 112 valence electrons. The van der Waals surface area contributed by atoms with Crippen LogP contribution in [0.4, 0.5) is 5.69 Å². The van der Waals surface area contributed by atoms with Gasteiger partial charge < -0.3 is 5.32 Å². The third kappa shape index (κ3) is 2.40. The number of Topliss-reactive ketones (excluding diaryl/α,β-unsaturated/α-hetero) is 1. The highest BCUT2D eigenvalue weighted by atomic mass is 32.2. The molecular formula is C18H17NOS2. The molecule has 1 N–H and O–H groups in total. The molecule has 0 radical (unpaired) electrons. The van der Waals surface area contributed by atoms with Gasteiger partial charge in [-0.25, -0.2) is 0 Å². The van der Waals surface area contributed by atoms with Crippen LogP contribution in [0, 0.1) is 11.8 Å². The van der Waals surface area contributed by atoms with Crippen molar-refractivity contribution in [2.45, 2.75) is 23.5 Å². The Morgan fingerprint density at radius 1 is 1.18 bits per heavy atom. The molecule has 22 heavy (non-hydrogen) atoms. The lowest BCUT2D eigenvalue weighted by Gasteiger charge is -2.29. The van der Waals surface area contributed by atoms with Crippen molar-refractivity contribution in [2.24, 2.45) is 11.8 Å². The Hall–Kier alpha value is -1.52. The lowest BCUT2D eigenvalue weighted by molar-refractivity contribution is -0.122. The molecule has 2 aliphatic rings. The van der Waals surface area contributed by atoms with Gasteiger partial charge in [0, 0.05) is 21.9 Å². The molecular weight excluding hydrogens is 310 g/mol. The van der Waals surface area contributed by atoms with E-state index in [0.29, 0.717) is 18.1 Å². The van der Waals surface area contributed by atoms with Gasteiger partial charge in [0.2, 0.25) is 0 Å². The fraction of sp³-hybridized carbons (Fsp3) is 0.278. The summed E-state index contributed by atoms with van der Waals surface area (Å²) in [6, 6.07) is 12.6. The average molecular weight is 327 g/mol. The molecule has 1 aromatic heterocycles. The number of anilines is 1. The minimum atomic E-state index is -0.0627. The van der Waals surface area contributed by atoms with E-state index in [1.807, 2.05) is 17.8 Å². The summed E-state index contributed by atoms with van der Waals surface area (Å²) in [5.74, 6) is 0.606. The molecule has 4 heteroatoms. The van der Waals surface area contributed by atoms with Crippen LogP contribution >= 0.6 is 23.1 Å². The SMILES string of the molecule is C[C@H]1C=C2Nc3ccccc3S[C@H](c3cccs3)[C@H]2C(=O)C1. The van der Waals surface area contributed by atoms with Gasteiger partial charge in [0.1, 0.15) is 5.78 Å². The Morgan fingerprint density at radius 2 is 2.05 bits per heavy atom. The van der Waals surface area contributed by atoms with Crippen molar-refractivity contribution in [3.63, 3.8) is 0 Å². The van der Waals surface area contributed by atoms with Gasteiger partial charge in [-0.3, -0.25) is 4.79 Å². The number of nitrogens with one attached hydrogen (secondary N) is 1. The standard InChI is InChI=1S/C18H17NOS2/c1-11-9-13-17(14(20)10-11)18(16-7-4-8-21-16)22-15-6-3-2-5-12(15)19-13/h2-9,11,17-19H,10H2,1H3/t11-,17+,18+/m0/s1. The highest BCUT2D eigenvalue weighted by Crippen LogP contribution is 2.51. The molecule has 0 fully saturated rings. The van der Waals surface area contributed by atoms with E-state index in [1.54, 1.807) is 11.3 Å². The molecule has 2 heterocycles. The van der Waals surface area contributed by atoms with Crippen LogP contribution in [0.5, 0.6) is 0 Å². The van der Waals surface area contributed by atoms with Gasteiger partial charge >= 0.3 is 0 Å². The number of thioether (sulfide) groups is 1. The van der Waals surface area contributed by atoms with Gasteiger partial charge in [0.15, 0.2) is 0 Å². The summed E-state index contributed by atoms with van der Waals surface area (Å²) in [5.41, 5.74) is 2.20. The summed E-state index contributed by atoms with van der Waals surface area (Å²) in [6.07, 6.45) is 2.89. The fourth-order valence-corrected chi connectivity index (χ4v) is 5.61. The molecule has 1 aromatic carbocycles. The van der Waals surface area contributed by atoms with Crippen LogP contribution in [-0.2, 0) is 4.79 Å². The number of carbonyl (C=O) groups is 1. The number of carbonyl (C=O) groups excluding carboxylic acids is 1. The van der Waals surface area contributed by atoms with Crippen molar-refractivity contribution in [1.82, 2.24) is 0 Å². The third-order valence-electron chi connectivity index (χ3n) is 4.22. The van der Waals surface area contributed by atoms with E-state index in [2.05, 4.69) is 54.0 Å². The van der Waals surface area contributed by atoms with Crippen LogP contribution in [0.2, 0.25) is 0 Å². The lowest BCUT2D eigenvalue weighted by atomic mass is 9.83. The maximum atomic E-state index is 12.8. The molecule has 0 saturated carbocycles. The van der Waals surface area contributed by atoms with E-state index >= 15 is 0 Å². The molecule has 0 spiro atoms. The molecule has 2 aromatic rings. The number of thiophene rings is 1. The van der Waals surface area contributed by atoms with Gasteiger partial charge in [-0.1, -0.05) is 31.2 Å². The third-order valence-corrected chi connectivity index (χ3v) is 6.71. The predicted octanol–water partition coefficient (Wildman–Crippen LogP) is 5.12. The number of fused-ring (bicyclic) bond motifs is 2. The van der Waals surface area contributed by atoms with Gasteiger partial charge in [0.25, 0.3) is 0 Å². The minimum Gasteiger partial charge on any atom is -0.358 e. The first-order chi connectivity index (χ1) is 10.7. The fourth-order valence-electron chi connectivity index (χ4n) is 3.25. The number of hydrogen-bond donors (Lipinski definition) is 1. The van der Waals surface area contributed by atoms with Crippen LogP contribution in [0.25, 0.3) is 0 Å². The second kappa shape index (κ2) is 5.60. The van der Waals surface area contributed by atoms with Gasteiger partial charge in [0.05, 0.1) is 16.9 Å². The summed E-state index contributed by atoms with van der Waals surface area (Å²) >= 11 is 3.56. The summed E-state index contributed by atoms with van der Waals surface area (Å²) in [5, 5.41) is 5.80. The van der Waals surface area contributed by atoms with Gasteiger partial charge in [-0.05, 0) is 29.5 Å². The second-order valence-corrected chi connectivity index (χ2v) is 8.09. The Morgan fingerprint density at radius 3 is 2.86 bits per heavy atom. The maximum Gasteiger partial charge on any atom is 0.143 e. The first kappa shape index (κ1) is 14.1. The quantitative estimate of drug-likeness (QED) is 0.788. The van der Waals surface area contributed by atoms with Crippen LogP contribution < -0.4 is 5.32 Å². The topological polar surface area (TPSA) is 29.1 Å². The van der Waals surface area contributed by atoms with Crippen molar-refractivity contribution in [3.05, 3.63) is 58.4 Å². The molecule has 0 saturated heterocycles. The number of ketones is 1. The van der Waals surface area contributed by atoms with Crippen molar-refractivity contribution in [1.29, 1.82) is 0 Å². The number of hydrogen-bond acceptors (Lipinski definition) is 4. The van der Waals surface area contributed by atoms with E-state index in [-0.39, 0.29) is 11.2 Å². The number of para-hydroxylation sites is 1. The Kier molecular flexibility index (Phi) is 3.59. The van der Waals surface area contributed by atoms with Gasteiger partial charge in [-0.15, -0.1) is 23.1 Å². The summed E-state index contributed by atoms with van der Waals surface area (Å²) in [4.78, 5) is 15.3. The predicted molar refractivity (Wildman–Crippen MR) is 93.3 cm³/mol. The number of allylic oxidation sites excluding steroid dienone is 2. The molecule has 0 bridgehead atoms. The van der Waals surface area contributed by atoms with Crippen LogP contribution in [0.15, 0.2) is 58.4 Å². The maximum absolute atomic E-state index is 12.8. The zero-order valence-electron chi connectivity index (χ0n) is 12.3. The Labute approximate surface area is 138 Å². The monoisotopic (exact) mass is 327 g/mol. The molecule has 2 nitrogen and oxygen atoms in total. The lowest BCUT2D eigenvalue weighted by Crippen LogP contribution is -2.30. The van der Waals surface area contributed by atoms with Crippen LogP contribution in [0.1, 0.15) is 23.5 Å². The van der Waals surface area contributed by atoms with E-state index in [0.717, 1.165) is 11.4 Å². The van der Waals surface area contributed by atoms with E-state index in [1.165, 1.54) is 9.77 Å². The number of rotatable bonds is 1. The Bertz CT molecular complexity index is 735. The van der Waals surface area contributed by atoms with Crippen LogP contribution in [0.3, 0.4) is 0 Å². The highest BCUT2D eigenvalue weighted by Gasteiger charge is 2.39. The van der Waals surface area contributed by atoms with Gasteiger partial charge in [-0.2, -0.15) is 0 Å². The molecule has 0 amide bonds. The van der Waals surface area contributed by atoms with Crippen LogP contribution in [-0.4, -0.2) is 5.78 Å². The van der Waals surface area contributed by atoms with E-state index in [9.17, 15) is 4.79 Å². The second-order valence-electron chi connectivity index (χ2n) is 5.92. The summed E-state index contributed by atoms with van der Waals surface area (Å²) in [7, 11) is 0. The van der Waals surface area contributed by atoms with Crippen molar-refractivity contribution in [2.75, 3.05) is 5.32 Å². The molecule has 3 atom stereocenters. The zero-order valence-corrected chi connectivity index (χ0v) is 13.9. The molecule has 1 aliphatic carbocycles. The van der Waals surface area contributed by atoms with E-state index in [4.69, 9.17) is 0 Å². The number of benzene rings is 1. The largest absolute Gasteiger partial charge is 0.358 e. The molecule has 1 aliphatic heterocycles. The minimum absolute atomic E-state index is 0.0627.